The van der Waals surface area contributed by atoms with Crippen molar-refractivity contribution in [3.63, 3.8) is 0 Å². The third-order valence-electron chi connectivity index (χ3n) is 2.87. The summed E-state index contributed by atoms with van der Waals surface area (Å²) in [6, 6.07) is 3.87. The molecule has 0 radical (unpaired) electrons. The number of benzene rings is 1. The molecule has 5 nitrogen and oxygen atoms in total. The molecule has 0 bridgehead atoms. The van der Waals surface area contributed by atoms with Gasteiger partial charge in [0.1, 0.15) is 0 Å². The Balaban J connectivity index is 2.51. The lowest BCUT2D eigenvalue weighted by Gasteiger charge is -2.16. The lowest BCUT2D eigenvalue weighted by Crippen LogP contribution is -2.38. The molecule has 0 heterocycles. The molecule has 20 heavy (non-hydrogen) atoms. The fraction of sp³-hybridized carbons (Fsp3) is 0.500. The number of rotatable bonds is 6. The highest BCUT2D eigenvalue weighted by molar-refractivity contribution is 5.74. The predicted octanol–water partition coefficient (Wildman–Crippen LogP) is 1.97. The van der Waals surface area contributed by atoms with E-state index < -0.39 is 11.9 Å². The van der Waals surface area contributed by atoms with Crippen LogP contribution in [-0.4, -0.2) is 30.9 Å². The molecule has 3 N–H and O–H groups in total. The molecule has 2 unspecified atom stereocenters. The van der Waals surface area contributed by atoms with Gasteiger partial charge in [0.15, 0.2) is 11.6 Å². The molecule has 0 spiro atoms. The van der Waals surface area contributed by atoms with Gasteiger partial charge in [-0.15, -0.1) is 0 Å². The Labute approximate surface area is 118 Å². The first kappa shape index (κ1) is 16.2. The smallest absolute Gasteiger partial charge is 0.315 e. The van der Waals surface area contributed by atoms with Crippen molar-refractivity contribution in [2.45, 2.75) is 32.4 Å². The molecule has 0 aromatic heterocycles. The first-order valence-electron chi connectivity index (χ1n) is 6.50. The van der Waals surface area contributed by atoms with E-state index in [0.29, 0.717) is 18.5 Å². The van der Waals surface area contributed by atoms with Crippen molar-refractivity contribution >= 4 is 6.03 Å². The molecule has 0 aliphatic heterocycles. The zero-order chi connectivity index (χ0) is 15.1. The standard InChI is InChI=1S/C14H21FN2O3/c1-9(18)6-7-16-14(19)17-10(2)11-4-5-13(20-3)12(15)8-11/h4-5,8-10,18H,6-7H2,1-3H3,(H2,16,17,19). The van der Waals surface area contributed by atoms with Crippen molar-refractivity contribution in [2.75, 3.05) is 13.7 Å². The minimum atomic E-state index is -0.465. The number of aliphatic hydroxyl groups excluding tert-OH is 1. The summed E-state index contributed by atoms with van der Waals surface area (Å²) in [6.45, 7) is 3.80. The number of hydrogen-bond donors (Lipinski definition) is 3. The summed E-state index contributed by atoms with van der Waals surface area (Å²) >= 11 is 0. The van der Waals surface area contributed by atoms with Crippen LogP contribution < -0.4 is 15.4 Å². The molecule has 0 aliphatic carbocycles. The predicted molar refractivity (Wildman–Crippen MR) is 74.2 cm³/mol. The second-order valence-electron chi connectivity index (χ2n) is 4.65. The summed E-state index contributed by atoms with van der Waals surface area (Å²) in [5, 5.41) is 14.4. The number of carbonyl (C=O) groups excluding carboxylic acids is 1. The molecule has 1 aromatic carbocycles. The normalized spacial score (nSPS) is 13.4. The van der Waals surface area contributed by atoms with E-state index in [4.69, 9.17) is 9.84 Å². The molecule has 1 aromatic rings. The van der Waals surface area contributed by atoms with Crippen LogP contribution in [0.5, 0.6) is 5.75 Å². The van der Waals surface area contributed by atoms with Gasteiger partial charge in [0, 0.05) is 6.54 Å². The fourth-order valence-electron chi connectivity index (χ4n) is 1.68. The van der Waals surface area contributed by atoms with Crippen LogP contribution in [0.3, 0.4) is 0 Å². The van der Waals surface area contributed by atoms with Gasteiger partial charge in [-0.1, -0.05) is 6.07 Å². The number of hydrogen-bond acceptors (Lipinski definition) is 3. The topological polar surface area (TPSA) is 70.6 Å². The highest BCUT2D eigenvalue weighted by Crippen LogP contribution is 2.21. The number of aliphatic hydroxyl groups is 1. The van der Waals surface area contributed by atoms with Crippen molar-refractivity contribution in [1.29, 1.82) is 0 Å². The van der Waals surface area contributed by atoms with Crippen molar-refractivity contribution < 1.29 is 19.0 Å². The van der Waals surface area contributed by atoms with Gasteiger partial charge in [-0.25, -0.2) is 9.18 Å². The van der Waals surface area contributed by atoms with Gasteiger partial charge < -0.3 is 20.5 Å². The molecule has 2 atom stereocenters. The van der Waals surface area contributed by atoms with Crippen molar-refractivity contribution in [3.8, 4) is 5.75 Å². The molecule has 0 aliphatic rings. The molecule has 0 saturated carbocycles. The number of urea groups is 1. The Morgan fingerprint density at radius 2 is 2.15 bits per heavy atom. The number of amides is 2. The van der Waals surface area contributed by atoms with Crippen molar-refractivity contribution in [3.05, 3.63) is 29.6 Å². The highest BCUT2D eigenvalue weighted by Gasteiger charge is 2.12. The van der Waals surface area contributed by atoms with Crippen LogP contribution in [0, 0.1) is 5.82 Å². The average Bonchev–Trinajstić information content (AvgIpc) is 2.38. The maximum Gasteiger partial charge on any atom is 0.315 e. The van der Waals surface area contributed by atoms with Crippen molar-refractivity contribution in [2.24, 2.45) is 0 Å². The molecule has 1 rings (SSSR count). The first-order valence-corrected chi connectivity index (χ1v) is 6.50. The zero-order valence-electron chi connectivity index (χ0n) is 11.9. The fourth-order valence-corrected chi connectivity index (χ4v) is 1.68. The maximum absolute atomic E-state index is 13.6. The number of halogens is 1. The minimum Gasteiger partial charge on any atom is -0.494 e. The van der Waals surface area contributed by atoms with Gasteiger partial charge >= 0.3 is 6.03 Å². The van der Waals surface area contributed by atoms with E-state index in [2.05, 4.69) is 10.6 Å². The molecule has 0 saturated heterocycles. The molecule has 112 valence electrons. The van der Waals surface area contributed by atoms with Crippen LogP contribution in [0.4, 0.5) is 9.18 Å². The second kappa shape index (κ2) is 7.69. The van der Waals surface area contributed by atoms with E-state index in [-0.39, 0.29) is 17.8 Å². The largest absolute Gasteiger partial charge is 0.494 e. The lowest BCUT2D eigenvalue weighted by molar-refractivity contribution is 0.183. The van der Waals surface area contributed by atoms with Crippen LogP contribution in [0.1, 0.15) is 31.9 Å². The molecule has 2 amide bonds. The SMILES string of the molecule is COc1ccc(C(C)NC(=O)NCCC(C)O)cc1F. The Bertz CT molecular complexity index is 452. The van der Waals surface area contributed by atoms with E-state index in [1.807, 2.05) is 0 Å². The average molecular weight is 284 g/mol. The summed E-state index contributed by atoms with van der Waals surface area (Å²) in [5.74, 6) is -0.296. The summed E-state index contributed by atoms with van der Waals surface area (Å²) in [7, 11) is 1.40. The monoisotopic (exact) mass is 284 g/mol. The highest BCUT2D eigenvalue weighted by atomic mass is 19.1. The molecular weight excluding hydrogens is 263 g/mol. The van der Waals surface area contributed by atoms with Crippen LogP contribution in [-0.2, 0) is 0 Å². The van der Waals surface area contributed by atoms with Gasteiger partial charge in [0.2, 0.25) is 0 Å². The second-order valence-corrected chi connectivity index (χ2v) is 4.65. The number of ether oxygens (including phenoxy) is 1. The summed E-state index contributed by atoms with van der Waals surface area (Å²) in [4.78, 5) is 11.6. The summed E-state index contributed by atoms with van der Waals surface area (Å²) < 4.78 is 18.4. The van der Waals surface area contributed by atoms with E-state index >= 15 is 0 Å². The maximum atomic E-state index is 13.6. The first-order chi connectivity index (χ1) is 9.43. The number of nitrogens with one attached hydrogen (secondary N) is 2. The summed E-state index contributed by atoms with van der Waals surface area (Å²) in [6.07, 6.45) is 0.0299. The van der Waals surface area contributed by atoms with Gasteiger partial charge in [0.05, 0.1) is 19.3 Å². The van der Waals surface area contributed by atoms with E-state index in [1.165, 1.54) is 19.2 Å². The van der Waals surface area contributed by atoms with Crippen LogP contribution in [0.25, 0.3) is 0 Å². The number of carbonyl (C=O) groups is 1. The Morgan fingerprint density at radius 1 is 1.45 bits per heavy atom. The van der Waals surface area contributed by atoms with Gasteiger partial charge in [-0.05, 0) is 38.0 Å². The van der Waals surface area contributed by atoms with Gasteiger partial charge in [-0.3, -0.25) is 0 Å². The Kier molecular flexibility index (Phi) is 6.24. The van der Waals surface area contributed by atoms with E-state index in [1.54, 1.807) is 19.9 Å². The Morgan fingerprint density at radius 3 is 2.70 bits per heavy atom. The van der Waals surface area contributed by atoms with Crippen LogP contribution in [0.2, 0.25) is 0 Å². The molecule has 0 fully saturated rings. The zero-order valence-corrected chi connectivity index (χ0v) is 11.9. The van der Waals surface area contributed by atoms with Gasteiger partial charge in [0.25, 0.3) is 0 Å². The van der Waals surface area contributed by atoms with Crippen LogP contribution in [0.15, 0.2) is 18.2 Å². The Hall–Kier alpha value is -1.82. The van der Waals surface area contributed by atoms with Gasteiger partial charge in [-0.2, -0.15) is 0 Å². The quantitative estimate of drug-likeness (QED) is 0.748. The minimum absolute atomic E-state index is 0.169. The van der Waals surface area contributed by atoms with E-state index in [0.717, 1.165) is 0 Å². The molecule has 6 heteroatoms. The third-order valence-corrected chi connectivity index (χ3v) is 2.87. The molecular formula is C14H21FN2O3. The summed E-state index contributed by atoms with van der Waals surface area (Å²) in [5.41, 5.74) is 0.647. The van der Waals surface area contributed by atoms with E-state index in [9.17, 15) is 9.18 Å². The van der Waals surface area contributed by atoms with Crippen molar-refractivity contribution in [1.82, 2.24) is 10.6 Å². The number of methoxy groups -OCH3 is 1. The third kappa shape index (κ3) is 5.05. The van der Waals surface area contributed by atoms with Crippen LogP contribution >= 0.6 is 0 Å². The lowest BCUT2D eigenvalue weighted by atomic mass is 10.1.